The maximum absolute atomic E-state index is 12.4. The summed E-state index contributed by atoms with van der Waals surface area (Å²) in [5.41, 5.74) is 1.76. The number of ether oxygens (including phenoxy) is 1. The molecule has 1 unspecified atom stereocenters. The van der Waals surface area contributed by atoms with Gasteiger partial charge in [0, 0.05) is 5.56 Å². The first kappa shape index (κ1) is 15.1. The highest BCUT2D eigenvalue weighted by Crippen LogP contribution is 2.22. The van der Waals surface area contributed by atoms with Crippen LogP contribution in [-0.2, 0) is 0 Å². The highest BCUT2D eigenvalue weighted by Gasteiger charge is 2.18. The maximum atomic E-state index is 12.4. The Bertz CT molecular complexity index is 576. The second kappa shape index (κ2) is 6.93. The summed E-state index contributed by atoms with van der Waals surface area (Å²) < 4.78 is 5.11. The quantitative estimate of drug-likeness (QED) is 0.906. The van der Waals surface area contributed by atoms with Crippen LogP contribution in [0.2, 0.25) is 0 Å². The number of rotatable bonds is 5. The highest BCUT2D eigenvalue weighted by molar-refractivity contribution is 5.94. The van der Waals surface area contributed by atoms with Crippen molar-refractivity contribution in [1.29, 1.82) is 0 Å². The van der Waals surface area contributed by atoms with Crippen LogP contribution >= 0.6 is 0 Å². The van der Waals surface area contributed by atoms with Gasteiger partial charge in [-0.2, -0.15) is 0 Å². The molecule has 0 heterocycles. The Kier molecular flexibility index (Phi) is 4.99. The van der Waals surface area contributed by atoms with Gasteiger partial charge in [0.15, 0.2) is 0 Å². The highest BCUT2D eigenvalue weighted by atomic mass is 16.5. The number of carbonyl (C=O) groups excluding carboxylic acids is 1. The van der Waals surface area contributed by atoms with E-state index in [4.69, 9.17) is 4.74 Å². The molecule has 3 nitrogen and oxygen atoms in total. The van der Waals surface area contributed by atoms with Crippen LogP contribution in [0.4, 0.5) is 0 Å². The number of hydrogen-bond donors (Lipinski definition) is 1. The van der Waals surface area contributed by atoms with Crippen molar-refractivity contribution in [3.8, 4) is 5.75 Å². The van der Waals surface area contributed by atoms with E-state index < -0.39 is 0 Å². The van der Waals surface area contributed by atoms with Gasteiger partial charge in [0.1, 0.15) is 5.75 Å². The minimum atomic E-state index is -0.0693. The zero-order valence-electron chi connectivity index (χ0n) is 12.7. The molecule has 0 bridgehead atoms. The largest absolute Gasteiger partial charge is 0.497 e. The topological polar surface area (TPSA) is 38.3 Å². The van der Waals surface area contributed by atoms with Crippen LogP contribution in [0.1, 0.15) is 35.8 Å². The Labute approximate surface area is 126 Å². The molecule has 1 amide bonds. The first-order valence-electron chi connectivity index (χ1n) is 7.11. The van der Waals surface area contributed by atoms with Crippen LogP contribution in [0.25, 0.3) is 0 Å². The zero-order chi connectivity index (χ0) is 15.2. The van der Waals surface area contributed by atoms with Crippen molar-refractivity contribution in [3.63, 3.8) is 0 Å². The number of amides is 1. The van der Waals surface area contributed by atoms with Crippen LogP contribution in [0.15, 0.2) is 54.6 Å². The van der Waals surface area contributed by atoms with Gasteiger partial charge in [-0.3, -0.25) is 4.79 Å². The molecule has 0 saturated carbocycles. The number of benzene rings is 2. The molecule has 0 saturated heterocycles. The molecule has 21 heavy (non-hydrogen) atoms. The monoisotopic (exact) mass is 283 g/mol. The summed E-state index contributed by atoms with van der Waals surface area (Å²) in [4.78, 5) is 12.4. The van der Waals surface area contributed by atoms with Crippen molar-refractivity contribution in [2.24, 2.45) is 5.92 Å². The SMILES string of the molecule is COc1ccc(C(=O)NC(c2ccccc2)C(C)C)cc1. The van der Waals surface area contributed by atoms with Crippen molar-refractivity contribution in [1.82, 2.24) is 5.32 Å². The number of methoxy groups -OCH3 is 1. The van der Waals surface area contributed by atoms with Crippen LogP contribution < -0.4 is 10.1 Å². The Hall–Kier alpha value is -2.29. The Morgan fingerprint density at radius 3 is 2.14 bits per heavy atom. The van der Waals surface area contributed by atoms with E-state index in [0.717, 1.165) is 11.3 Å². The summed E-state index contributed by atoms with van der Waals surface area (Å²) >= 11 is 0. The van der Waals surface area contributed by atoms with E-state index in [1.807, 2.05) is 30.3 Å². The third-order valence-corrected chi connectivity index (χ3v) is 3.46. The zero-order valence-corrected chi connectivity index (χ0v) is 12.7. The van der Waals surface area contributed by atoms with Crippen LogP contribution in [0.3, 0.4) is 0 Å². The number of nitrogens with one attached hydrogen (secondary N) is 1. The average Bonchev–Trinajstić information content (AvgIpc) is 2.53. The van der Waals surface area contributed by atoms with Gasteiger partial charge in [-0.1, -0.05) is 44.2 Å². The molecule has 0 aliphatic carbocycles. The van der Waals surface area contributed by atoms with Crippen molar-refractivity contribution in [2.45, 2.75) is 19.9 Å². The van der Waals surface area contributed by atoms with Crippen molar-refractivity contribution in [2.75, 3.05) is 7.11 Å². The standard InChI is InChI=1S/C18H21NO2/c1-13(2)17(14-7-5-4-6-8-14)19-18(20)15-9-11-16(21-3)12-10-15/h4-13,17H,1-3H3,(H,19,20). The molecule has 110 valence electrons. The van der Waals surface area contributed by atoms with Crippen LogP contribution in [0.5, 0.6) is 5.75 Å². The minimum Gasteiger partial charge on any atom is -0.497 e. The molecule has 1 N–H and O–H groups in total. The molecule has 2 aromatic carbocycles. The van der Waals surface area contributed by atoms with Gasteiger partial charge >= 0.3 is 0 Å². The Balaban J connectivity index is 2.15. The molecule has 0 radical (unpaired) electrons. The molecule has 3 heteroatoms. The number of hydrogen-bond acceptors (Lipinski definition) is 2. The van der Waals surface area contributed by atoms with E-state index in [1.54, 1.807) is 31.4 Å². The second-order valence-corrected chi connectivity index (χ2v) is 5.33. The molecule has 0 aliphatic heterocycles. The fourth-order valence-corrected chi connectivity index (χ4v) is 2.26. The predicted molar refractivity (Wildman–Crippen MR) is 84.5 cm³/mol. The molecule has 0 aromatic heterocycles. The molecule has 0 fully saturated rings. The molecule has 1 atom stereocenters. The summed E-state index contributed by atoms with van der Waals surface area (Å²) in [6, 6.07) is 17.2. The molecular formula is C18H21NO2. The van der Waals surface area contributed by atoms with E-state index in [1.165, 1.54) is 0 Å². The van der Waals surface area contributed by atoms with Gasteiger partial charge in [-0.25, -0.2) is 0 Å². The van der Waals surface area contributed by atoms with Gasteiger partial charge < -0.3 is 10.1 Å². The first-order chi connectivity index (χ1) is 10.1. The Morgan fingerprint density at radius 1 is 1.00 bits per heavy atom. The van der Waals surface area contributed by atoms with E-state index >= 15 is 0 Å². The third kappa shape index (κ3) is 3.85. The molecule has 2 rings (SSSR count). The lowest BCUT2D eigenvalue weighted by Gasteiger charge is -2.23. The molecule has 0 spiro atoms. The summed E-state index contributed by atoms with van der Waals surface area (Å²) in [6.45, 7) is 4.21. The molecule has 2 aromatic rings. The number of carbonyl (C=O) groups is 1. The third-order valence-electron chi connectivity index (χ3n) is 3.46. The summed E-state index contributed by atoms with van der Waals surface area (Å²) in [5, 5.41) is 3.11. The first-order valence-corrected chi connectivity index (χ1v) is 7.11. The minimum absolute atomic E-state index is 0.000742. The molecule has 0 aliphatic rings. The Morgan fingerprint density at radius 2 is 1.62 bits per heavy atom. The van der Waals surface area contributed by atoms with Gasteiger partial charge in [-0.05, 0) is 35.7 Å². The van der Waals surface area contributed by atoms with Gasteiger partial charge in [0.25, 0.3) is 5.91 Å². The van der Waals surface area contributed by atoms with E-state index in [0.29, 0.717) is 11.5 Å². The second-order valence-electron chi connectivity index (χ2n) is 5.33. The summed E-state index contributed by atoms with van der Waals surface area (Å²) in [5.74, 6) is 0.991. The van der Waals surface area contributed by atoms with Crippen molar-refractivity contribution >= 4 is 5.91 Å². The summed E-state index contributed by atoms with van der Waals surface area (Å²) in [6.07, 6.45) is 0. The smallest absolute Gasteiger partial charge is 0.251 e. The van der Waals surface area contributed by atoms with E-state index in [9.17, 15) is 4.79 Å². The maximum Gasteiger partial charge on any atom is 0.251 e. The van der Waals surface area contributed by atoms with E-state index in [2.05, 4.69) is 19.2 Å². The average molecular weight is 283 g/mol. The lowest BCUT2D eigenvalue weighted by atomic mass is 9.95. The van der Waals surface area contributed by atoms with Crippen molar-refractivity contribution < 1.29 is 9.53 Å². The van der Waals surface area contributed by atoms with Crippen LogP contribution in [0, 0.1) is 5.92 Å². The fourth-order valence-electron chi connectivity index (χ4n) is 2.26. The summed E-state index contributed by atoms with van der Waals surface area (Å²) in [7, 11) is 1.61. The van der Waals surface area contributed by atoms with Crippen LogP contribution in [-0.4, -0.2) is 13.0 Å². The molecular weight excluding hydrogens is 262 g/mol. The van der Waals surface area contributed by atoms with Gasteiger partial charge in [-0.15, -0.1) is 0 Å². The lowest BCUT2D eigenvalue weighted by molar-refractivity contribution is 0.0925. The van der Waals surface area contributed by atoms with Crippen molar-refractivity contribution in [3.05, 3.63) is 65.7 Å². The fraction of sp³-hybridized carbons (Fsp3) is 0.278. The normalized spacial score (nSPS) is 12.0. The van der Waals surface area contributed by atoms with E-state index in [-0.39, 0.29) is 11.9 Å². The van der Waals surface area contributed by atoms with Gasteiger partial charge in [0.05, 0.1) is 13.2 Å². The van der Waals surface area contributed by atoms with Gasteiger partial charge in [0.2, 0.25) is 0 Å². The predicted octanol–water partition coefficient (Wildman–Crippen LogP) is 3.82. The lowest BCUT2D eigenvalue weighted by Crippen LogP contribution is -2.31.